The highest BCUT2D eigenvalue weighted by atomic mass is 16.6. The summed E-state index contributed by atoms with van der Waals surface area (Å²) in [5, 5.41) is 0. The van der Waals surface area contributed by atoms with E-state index in [2.05, 4.69) is 20.8 Å². The van der Waals surface area contributed by atoms with Gasteiger partial charge in [0, 0.05) is 0 Å². The van der Waals surface area contributed by atoms with E-state index in [1.807, 2.05) is 0 Å². The second-order valence-corrected chi connectivity index (χ2v) is 4.75. The molecule has 1 unspecified atom stereocenters. The van der Waals surface area contributed by atoms with Crippen LogP contribution < -0.4 is 0 Å². The Morgan fingerprint density at radius 1 is 1.42 bits per heavy atom. The zero-order valence-electron chi connectivity index (χ0n) is 8.31. The van der Waals surface area contributed by atoms with Crippen molar-refractivity contribution >= 4 is 0 Å². The summed E-state index contributed by atoms with van der Waals surface area (Å²) < 4.78 is 5.40. The van der Waals surface area contributed by atoms with Crippen molar-refractivity contribution in [1.29, 1.82) is 0 Å². The first-order valence-corrected chi connectivity index (χ1v) is 4.93. The third-order valence-corrected chi connectivity index (χ3v) is 3.20. The van der Waals surface area contributed by atoms with Crippen molar-refractivity contribution in [3.63, 3.8) is 0 Å². The first kappa shape index (κ1) is 8.31. The van der Waals surface area contributed by atoms with Crippen LogP contribution in [0.1, 0.15) is 40.0 Å². The summed E-state index contributed by atoms with van der Waals surface area (Å²) in [5.74, 6) is 0. The molecule has 68 valence electrons. The van der Waals surface area contributed by atoms with Crippen LogP contribution in [-0.4, -0.2) is 12.7 Å². The number of rotatable bonds is 1. The van der Waals surface area contributed by atoms with Crippen molar-refractivity contribution in [2.24, 2.45) is 5.41 Å². The molecule has 12 heavy (non-hydrogen) atoms. The minimum Gasteiger partial charge on any atom is -0.368 e. The van der Waals surface area contributed by atoms with Gasteiger partial charge in [0.05, 0.1) is 6.61 Å². The molecule has 1 heteroatoms. The summed E-state index contributed by atoms with van der Waals surface area (Å²) >= 11 is 0. The molecular weight excluding hydrogens is 148 g/mol. The van der Waals surface area contributed by atoms with Crippen LogP contribution in [0.4, 0.5) is 0 Å². The van der Waals surface area contributed by atoms with E-state index in [0.29, 0.717) is 11.5 Å². The highest BCUT2D eigenvalue weighted by Gasteiger charge is 2.39. The molecule has 1 nitrogen and oxygen atoms in total. The summed E-state index contributed by atoms with van der Waals surface area (Å²) in [6.45, 7) is 7.95. The van der Waals surface area contributed by atoms with E-state index in [9.17, 15) is 0 Å². The average molecular weight is 166 g/mol. The van der Waals surface area contributed by atoms with Crippen molar-refractivity contribution in [2.45, 2.75) is 46.1 Å². The Labute approximate surface area is 74.8 Å². The van der Waals surface area contributed by atoms with Crippen LogP contribution in [-0.2, 0) is 4.74 Å². The molecule has 0 amide bonds. The van der Waals surface area contributed by atoms with E-state index >= 15 is 0 Å². The Kier molecular flexibility index (Phi) is 1.80. The van der Waals surface area contributed by atoms with Crippen LogP contribution in [0.5, 0.6) is 0 Å². The monoisotopic (exact) mass is 166 g/mol. The van der Waals surface area contributed by atoms with Gasteiger partial charge in [-0.2, -0.15) is 0 Å². The average Bonchev–Trinajstić information content (AvgIpc) is 2.68. The van der Waals surface area contributed by atoms with Gasteiger partial charge in [0.1, 0.15) is 6.10 Å². The van der Waals surface area contributed by atoms with Crippen LogP contribution in [0, 0.1) is 5.41 Å². The van der Waals surface area contributed by atoms with Gasteiger partial charge in [-0.15, -0.1) is 0 Å². The molecule has 1 saturated heterocycles. The molecule has 0 aromatic rings. The van der Waals surface area contributed by atoms with Crippen LogP contribution in [0.25, 0.3) is 0 Å². The Balaban J connectivity index is 2.30. The minimum absolute atomic E-state index is 0.406. The highest BCUT2D eigenvalue weighted by Crippen LogP contribution is 2.45. The van der Waals surface area contributed by atoms with Gasteiger partial charge < -0.3 is 4.74 Å². The standard InChI is InChI=1S/C11H18O/c1-8-5-4-6-11(2,3)10(8)9-7-12-9/h9H,4-7H2,1-3H3. The zero-order chi connectivity index (χ0) is 8.77. The normalized spacial score (nSPS) is 33.8. The molecule has 2 aliphatic rings. The van der Waals surface area contributed by atoms with E-state index in [1.165, 1.54) is 19.3 Å². The smallest absolute Gasteiger partial charge is 0.103 e. The second-order valence-electron chi connectivity index (χ2n) is 4.75. The Bertz CT molecular complexity index is 221. The zero-order valence-corrected chi connectivity index (χ0v) is 8.31. The fourth-order valence-corrected chi connectivity index (χ4v) is 2.57. The lowest BCUT2D eigenvalue weighted by Crippen LogP contribution is -2.23. The van der Waals surface area contributed by atoms with E-state index in [-0.39, 0.29) is 0 Å². The molecule has 0 N–H and O–H groups in total. The van der Waals surface area contributed by atoms with Gasteiger partial charge in [-0.05, 0) is 37.2 Å². The SMILES string of the molecule is CC1=C(C2CO2)C(C)(C)CCC1. The maximum absolute atomic E-state index is 5.40. The van der Waals surface area contributed by atoms with E-state index < -0.39 is 0 Å². The third-order valence-electron chi connectivity index (χ3n) is 3.20. The fourth-order valence-electron chi connectivity index (χ4n) is 2.57. The van der Waals surface area contributed by atoms with E-state index in [1.54, 1.807) is 11.1 Å². The lowest BCUT2D eigenvalue weighted by atomic mass is 9.71. The minimum atomic E-state index is 0.406. The quantitative estimate of drug-likeness (QED) is 0.431. The largest absolute Gasteiger partial charge is 0.368 e. The van der Waals surface area contributed by atoms with Crippen molar-refractivity contribution in [3.8, 4) is 0 Å². The molecule has 1 aliphatic heterocycles. The van der Waals surface area contributed by atoms with Gasteiger partial charge in [0.2, 0.25) is 0 Å². The molecule has 0 aromatic carbocycles. The predicted octanol–water partition coefficient (Wildman–Crippen LogP) is 2.91. The molecule has 0 radical (unpaired) electrons. The van der Waals surface area contributed by atoms with Crippen LogP contribution >= 0.6 is 0 Å². The summed E-state index contributed by atoms with van der Waals surface area (Å²) in [6, 6.07) is 0. The van der Waals surface area contributed by atoms with Crippen molar-refractivity contribution in [3.05, 3.63) is 11.1 Å². The predicted molar refractivity (Wildman–Crippen MR) is 50.1 cm³/mol. The lowest BCUT2D eigenvalue weighted by Gasteiger charge is -2.33. The van der Waals surface area contributed by atoms with Crippen molar-refractivity contribution in [2.75, 3.05) is 6.61 Å². The summed E-state index contributed by atoms with van der Waals surface area (Å²) in [5.41, 5.74) is 3.60. The number of hydrogen-bond acceptors (Lipinski definition) is 1. The van der Waals surface area contributed by atoms with Gasteiger partial charge >= 0.3 is 0 Å². The molecular formula is C11H18O. The number of epoxide rings is 1. The molecule has 1 fully saturated rings. The molecule has 0 spiro atoms. The third kappa shape index (κ3) is 1.31. The van der Waals surface area contributed by atoms with Crippen LogP contribution in [0.3, 0.4) is 0 Å². The topological polar surface area (TPSA) is 12.5 Å². The van der Waals surface area contributed by atoms with Crippen molar-refractivity contribution < 1.29 is 4.74 Å². The molecule has 2 rings (SSSR count). The number of allylic oxidation sites excluding steroid dienone is 1. The van der Waals surface area contributed by atoms with Crippen LogP contribution in [0.15, 0.2) is 11.1 Å². The summed E-state index contributed by atoms with van der Waals surface area (Å²) in [7, 11) is 0. The van der Waals surface area contributed by atoms with Crippen LogP contribution in [0.2, 0.25) is 0 Å². The maximum atomic E-state index is 5.40. The van der Waals surface area contributed by atoms with E-state index in [4.69, 9.17) is 4.74 Å². The van der Waals surface area contributed by atoms with Crippen molar-refractivity contribution in [1.82, 2.24) is 0 Å². The van der Waals surface area contributed by atoms with Gasteiger partial charge in [0.15, 0.2) is 0 Å². The lowest BCUT2D eigenvalue weighted by molar-refractivity contribution is 0.320. The Morgan fingerprint density at radius 3 is 2.58 bits per heavy atom. The van der Waals surface area contributed by atoms with Gasteiger partial charge in [-0.3, -0.25) is 0 Å². The molecule has 0 bridgehead atoms. The van der Waals surface area contributed by atoms with Gasteiger partial charge in [0.25, 0.3) is 0 Å². The maximum Gasteiger partial charge on any atom is 0.103 e. The molecule has 1 heterocycles. The first-order chi connectivity index (χ1) is 5.61. The van der Waals surface area contributed by atoms with Gasteiger partial charge in [-0.25, -0.2) is 0 Å². The second kappa shape index (κ2) is 2.59. The first-order valence-electron chi connectivity index (χ1n) is 4.93. The number of ether oxygens (including phenoxy) is 1. The summed E-state index contributed by atoms with van der Waals surface area (Å²) in [6.07, 6.45) is 4.47. The molecule has 1 atom stereocenters. The molecule has 1 aliphatic carbocycles. The summed E-state index contributed by atoms with van der Waals surface area (Å²) in [4.78, 5) is 0. The van der Waals surface area contributed by atoms with E-state index in [0.717, 1.165) is 6.61 Å². The highest BCUT2D eigenvalue weighted by molar-refractivity contribution is 5.28. The Morgan fingerprint density at radius 2 is 2.08 bits per heavy atom. The molecule has 0 saturated carbocycles. The Hall–Kier alpha value is -0.300. The fraction of sp³-hybridized carbons (Fsp3) is 0.818. The number of hydrogen-bond donors (Lipinski definition) is 0. The van der Waals surface area contributed by atoms with Gasteiger partial charge in [-0.1, -0.05) is 19.4 Å². The molecule has 0 aromatic heterocycles.